The van der Waals surface area contributed by atoms with Crippen molar-refractivity contribution < 1.29 is 9.32 Å². The van der Waals surface area contributed by atoms with E-state index in [1.165, 1.54) is 12.8 Å². The number of likely N-dealkylation sites (tertiary alicyclic amines) is 1. The van der Waals surface area contributed by atoms with Gasteiger partial charge in [-0.1, -0.05) is 5.16 Å². The Hall–Kier alpha value is -1.47. The molecule has 2 N–H and O–H groups in total. The van der Waals surface area contributed by atoms with Crippen LogP contribution in [-0.2, 0) is 11.3 Å². The van der Waals surface area contributed by atoms with Gasteiger partial charge in [0, 0.05) is 24.5 Å². The number of carbonyl (C=O) groups excluding carboxylic acids is 1. The van der Waals surface area contributed by atoms with Crippen LogP contribution in [0.3, 0.4) is 0 Å². The van der Waals surface area contributed by atoms with Crippen LogP contribution < -0.4 is 10.6 Å². The van der Waals surface area contributed by atoms with Gasteiger partial charge in [0.15, 0.2) is 5.82 Å². The standard InChI is InChI=1S/C16H25N5O2/c22-15(18-12-5-6-12)8-17-13-2-1-7-21(9-13)10-14-19-16(23-20-14)11-3-4-11/h11-13,17H,1-10H2,(H,18,22)/t13-/m0/s1. The Labute approximate surface area is 136 Å². The van der Waals surface area contributed by atoms with Crippen LogP contribution in [0.5, 0.6) is 0 Å². The predicted molar refractivity (Wildman–Crippen MR) is 83.7 cm³/mol. The number of aromatic nitrogens is 2. The number of hydrogen-bond donors (Lipinski definition) is 2. The average molecular weight is 319 g/mol. The second kappa shape index (κ2) is 6.57. The van der Waals surface area contributed by atoms with E-state index in [0.29, 0.717) is 24.5 Å². The number of nitrogens with zero attached hydrogens (tertiary/aromatic N) is 3. The van der Waals surface area contributed by atoms with Gasteiger partial charge >= 0.3 is 0 Å². The van der Waals surface area contributed by atoms with Crippen LogP contribution in [0, 0.1) is 0 Å². The van der Waals surface area contributed by atoms with Gasteiger partial charge in [-0.15, -0.1) is 0 Å². The molecule has 0 radical (unpaired) electrons. The highest BCUT2D eigenvalue weighted by molar-refractivity contribution is 5.78. The molecule has 1 amide bonds. The predicted octanol–water partition coefficient (Wildman–Crippen LogP) is 0.780. The second-order valence-corrected chi connectivity index (χ2v) is 7.12. The molecule has 7 nitrogen and oxygen atoms in total. The van der Waals surface area contributed by atoms with Crippen LogP contribution in [0.15, 0.2) is 4.52 Å². The monoisotopic (exact) mass is 319 g/mol. The van der Waals surface area contributed by atoms with E-state index in [4.69, 9.17) is 4.52 Å². The van der Waals surface area contributed by atoms with E-state index in [9.17, 15) is 4.79 Å². The molecule has 2 heterocycles. The van der Waals surface area contributed by atoms with Crippen molar-refractivity contribution in [1.29, 1.82) is 0 Å². The van der Waals surface area contributed by atoms with Crippen molar-refractivity contribution in [1.82, 2.24) is 25.7 Å². The van der Waals surface area contributed by atoms with E-state index in [1.807, 2.05) is 0 Å². The van der Waals surface area contributed by atoms with Gasteiger partial charge in [-0.05, 0) is 45.1 Å². The summed E-state index contributed by atoms with van der Waals surface area (Å²) in [5.74, 6) is 2.23. The SMILES string of the molecule is O=C(CN[C@H]1CCCN(Cc2noc(C3CC3)n2)C1)NC1CC1. The lowest BCUT2D eigenvalue weighted by Gasteiger charge is -2.32. The zero-order valence-electron chi connectivity index (χ0n) is 13.5. The quantitative estimate of drug-likeness (QED) is 0.773. The largest absolute Gasteiger partial charge is 0.352 e. The lowest BCUT2D eigenvalue weighted by molar-refractivity contribution is -0.120. The van der Waals surface area contributed by atoms with Gasteiger partial charge < -0.3 is 15.2 Å². The van der Waals surface area contributed by atoms with Crippen molar-refractivity contribution in [3.8, 4) is 0 Å². The Morgan fingerprint density at radius 3 is 2.87 bits per heavy atom. The van der Waals surface area contributed by atoms with E-state index in [0.717, 1.165) is 57.0 Å². The van der Waals surface area contributed by atoms with Gasteiger partial charge in [-0.3, -0.25) is 9.69 Å². The summed E-state index contributed by atoms with van der Waals surface area (Å²) in [5, 5.41) is 10.5. The number of rotatable bonds is 7. The van der Waals surface area contributed by atoms with Crippen molar-refractivity contribution >= 4 is 5.91 Å². The molecule has 7 heteroatoms. The molecule has 1 saturated heterocycles. The summed E-state index contributed by atoms with van der Waals surface area (Å²) >= 11 is 0. The first-order valence-corrected chi connectivity index (χ1v) is 8.84. The van der Waals surface area contributed by atoms with Crippen LogP contribution in [0.25, 0.3) is 0 Å². The molecule has 0 aromatic carbocycles. The third-order valence-corrected chi connectivity index (χ3v) is 4.77. The van der Waals surface area contributed by atoms with Gasteiger partial charge in [0.25, 0.3) is 0 Å². The summed E-state index contributed by atoms with van der Waals surface area (Å²) in [6, 6.07) is 0.801. The van der Waals surface area contributed by atoms with Gasteiger partial charge in [-0.2, -0.15) is 4.98 Å². The molecule has 126 valence electrons. The number of nitrogens with one attached hydrogen (secondary N) is 2. The van der Waals surface area contributed by atoms with Crippen LogP contribution in [0.2, 0.25) is 0 Å². The minimum absolute atomic E-state index is 0.122. The molecule has 3 fully saturated rings. The van der Waals surface area contributed by atoms with Crippen LogP contribution in [0.4, 0.5) is 0 Å². The molecule has 1 atom stereocenters. The molecule has 0 unspecified atom stereocenters. The van der Waals surface area contributed by atoms with Gasteiger partial charge in [-0.25, -0.2) is 0 Å². The fourth-order valence-corrected chi connectivity index (χ4v) is 3.14. The molecule has 4 rings (SSSR count). The molecule has 2 aliphatic carbocycles. The molecular weight excluding hydrogens is 294 g/mol. The fourth-order valence-electron chi connectivity index (χ4n) is 3.14. The molecule has 1 aliphatic heterocycles. The third kappa shape index (κ3) is 4.29. The highest BCUT2D eigenvalue weighted by Crippen LogP contribution is 2.38. The summed E-state index contributed by atoms with van der Waals surface area (Å²) in [6.07, 6.45) is 6.88. The normalized spacial score (nSPS) is 25.5. The smallest absolute Gasteiger partial charge is 0.234 e. The molecule has 0 spiro atoms. The fraction of sp³-hybridized carbons (Fsp3) is 0.812. The number of piperidine rings is 1. The van der Waals surface area contributed by atoms with Crippen molar-refractivity contribution in [2.75, 3.05) is 19.6 Å². The first-order valence-electron chi connectivity index (χ1n) is 8.84. The van der Waals surface area contributed by atoms with E-state index < -0.39 is 0 Å². The zero-order chi connectivity index (χ0) is 15.6. The molecule has 0 bridgehead atoms. The summed E-state index contributed by atoms with van der Waals surface area (Å²) in [6.45, 7) is 3.15. The van der Waals surface area contributed by atoms with Crippen LogP contribution in [-0.4, -0.2) is 52.7 Å². The van der Waals surface area contributed by atoms with Crippen molar-refractivity contribution in [2.45, 2.75) is 63.1 Å². The van der Waals surface area contributed by atoms with E-state index in [1.54, 1.807) is 0 Å². The molecule has 2 saturated carbocycles. The van der Waals surface area contributed by atoms with E-state index in [2.05, 4.69) is 25.7 Å². The summed E-state index contributed by atoms with van der Waals surface area (Å²) in [4.78, 5) is 18.6. The summed E-state index contributed by atoms with van der Waals surface area (Å²) in [7, 11) is 0. The first-order chi connectivity index (χ1) is 11.3. The highest BCUT2D eigenvalue weighted by atomic mass is 16.5. The van der Waals surface area contributed by atoms with Gasteiger partial charge in [0.1, 0.15) is 0 Å². The number of amides is 1. The molecule has 23 heavy (non-hydrogen) atoms. The van der Waals surface area contributed by atoms with Crippen molar-refractivity contribution in [3.05, 3.63) is 11.7 Å². The zero-order valence-corrected chi connectivity index (χ0v) is 13.5. The summed E-state index contributed by atoms with van der Waals surface area (Å²) < 4.78 is 5.32. The first kappa shape index (κ1) is 15.1. The van der Waals surface area contributed by atoms with Crippen molar-refractivity contribution in [3.63, 3.8) is 0 Å². The van der Waals surface area contributed by atoms with E-state index >= 15 is 0 Å². The maximum Gasteiger partial charge on any atom is 0.234 e. The number of hydrogen-bond acceptors (Lipinski definition) is 6. The Kier molecular flexibility index (Phi) is 4.31. The minimum Gasteiger partial charge on any atom is -0.352 e. The maximum atomic E-state index is 11.8. The molecule has 3 aliphatic rings. The summed E-state index contributed by atoms with van der Waals surface area (Å²) in [5.41, 5.74) is 0. The van der Waals surface area contributed by atoms with Crippen molar-refractivity contribution in [2.24, 2.45) is 0 Å². The Bertz CT molecular complexity index is 552. The Morgan fingerprint density at radius 2 is 2.09 bits per heavy atom. The third-order valence-electron chi connectivity index (χ3n) is 4.77. The molecule has 1 aromatic heterocycles. The molecular formula is C16H25N5O2. The van der Waals surface area contributed by atoms with Crippen LogP contribution >= 0.6 is 0 Å². The van der Waals surface area contributed by atoms with Gasteiger partial charge in [0.05, 0.1) is 13.1 Å². The average Bonchev–Trinajstić information content (AvgIpc) is 3.47. The lowest BCUT2D eigenvalue weighted by atomic mass is 10.1. The Morgan fingerprint density at radius 1 is 1.22 bits per heavy atom. The highest BCUT2D eigenvalue weighted by Gasteiger charge is 2.30. The topological polar surface area (TPSA) is 83.3 Å². The van der Waals surface area contributed by atoms with E-state index in [-0.39, 0.29) is 5.91 Å². The van der Waals surface area contributed by atoms with Gasteiger partial charge in [0.2, 0.25) is 11.8 Å². The molecule has 1 aromatic rings. The number of carbonyl (C=O) groups is 1. The second-order valence-electron chi connectivity index (χ2n) is 7.12. The van der Waals surface area contributed by atoms with Crippen LogP contribution in [0.1, 0.15) is 56.2 Å². The lowest BCUT2D eigenvalue weighted by Crippen LogP contribution is -2.48. The Balaban J connectivity index is 1.22. The minimum atomic E-state index is 0.122. The maximum absolute atomic E-state index is 11.8.